The predicted octanol–water partition coefficient (Wildman–Crippen LogP) is 4.65. The summed E-state index contributed by atoms with van der Waals surface area (Å²) in [5.74, 6) is 0.563. The molecule has 8 heteroatoms. The molecule has 2 aromatic carbocycles. The lowest BCUT2D eigenvalue weighted by Gasteiger charge is -2.27. The summed E-state index contributed by atoms with van der Waals surface area (Å²) in [6.07, 6.45) is 0. The van der Waals surface area contributed by atoms with E-state index in [0.29, 0.717) is 29.5 Å². The first-order valence-corrected chi connectivity index (χ1v) is 10.3. The molecule has 0 saturated carbocycles. The molecule has 1 amide bonds. The van der Waals surface area contributed by atoms with Gasteiger partial charge >= 0.3 is 0 Å². The van der Waals surface area contributed by atoms with Crippen LogP contribution in [0.2, 0.25) is 5.02 Å². The third kappa shape index (κ3) is 4.75. The second-order valence-corrected chi connectivity index (χ2v) is 7.86. The fourth-order valence-electron chi connectivity index (χ4n) is 3.07. The van der Waals surface area contributed by atoms with E-state index >= 15 is 0 Å². The summed E-state index contributed by atoms with van der Waals surface area (Å²) in [7, 11) is 0. The summed E-state index contributed by atoms with van der Waals surface area (Å²) >= 11 is 9.51. The van der Waals surface area contributed by atoms with Gasteiger partial charge in [0.15, 0.2) is 5.82 Å². The van der Waals surface area contributed by atoms with E-state index in [0.717, 1.165) is 34.6 Å². The normalized spacial score (nSPS) is 13.9. The van der Waals surface area contributed by atoms with Crippen molar-refractivity contribution in [1.29, 1.82) is 0 Å². The second kappa shape index (κ2) is 8.90. The maximum atomic E-state index is 12.6. The Bertz CT molecular complexity index is 1020. The molecular weight excluding hydrogens is 456 g/mol. The SMILES string of the molecule is O=C(Nc1cccc(-c2ccc(N3CCOCC3)nn2)c1)c1cc(Br)ccc1Cl. The smallest absolute Gasteiger partial charge is 0.257 e. The van der Waals surface area contributed by atoms with Crippen LogP contribution >= 0.6 is 27.5 Å². The van der Waals surface area contributed by atoms with Crippen LogP contribution in [-0.2, 0) is 4.74 Å². The summed E-state index contributed by atoms with van der Waals surface area (Å²) in [6, 6.07) is 16.5. The molecule has 0 bridgehead atoms. The van der Waals surface area contributed by atoms with Gasteiger partial charge in [0, 0.05) is 28.8 Å². The zero-order valence-electron chi connectivity index (χ0n) is 15.4. The summed E-state index contributed by atoms with van der Waals surface area (Å²) in [5.41, 5.74) is 2.66. The molecule has 0 spiro atoms. The lowest BCUT2D eigenvalue weighted by Crippen LogP contribution is -2.36. The van der Waals surface area contributed by atoms with Crippen LogP contribution in [0.15, 0.2) is 59.1 Å². The maximum Gasteiger partial charge on any atom is 0.257 e. The molecule has 29 heavy (non-hydrogen) atoms. The highest BCUT2D eigenvalue weighted by Crippen LogP contribution is 2.25. The molecule has 1 saturated heterocycles. The molecule has 148 valence electrons. The molecule has 1 aliphatic rings. The number of halogens is 2. The fraction of sp³-hybridized carbons (Fsp3) is 0.190. The molecule has 0 atom stereocenters. The first-order valence-electron chi connectivity index (χ1n) is 9.13. The van der Waals surface area contributed by atoms with E-state index in [1.54, 1.807) is 18.2 Å². The Labute approximate surface area is 182 Å². The van der Waals surface area contributed by atoms with Gasteiger partial charge in [0.05, 0.1) is 29.5 Å². The Morgan fingerprint density at radius 1 is 1.07 bits per heavy atom. The standard InChI is InChI=1S/C21H18BrClN4O2/c22-15-4-5-18(23)17(13-15)21(28)24-16-3-1-2-14(12-16)19-6-7-20(26-25-19)27-8-10-29-11-9-27/h1-7,12-13H,8-11H2,(H,24,28). The Kier molecular flexibility index (Phi) is 6.08. The highest BCUT2D eigenvalue weighted by atomic mass is 79.9. The van der Waals surface area contributed by atoms with Crippen molar-refractivity contribution < 1.29 is 9.53 Å². The average molecular weight is 474 g/mol. The monoisotopic (exact) mass is 472 g/mol. The van der Waals surface area contributed by atoms with Gasteiger partial charge in [0.1, 0.15) is 0 Å². The number of morpholine rings is 1. The van der Waals surface area contributed by atoms with Gasteiger partial charge in [-0.1, -0.05) is 39.7 Å². The predicted molar refractivity (Wildman–Crippen MR) is 118 cm³/mol. The van der Waals surface area contributed by atoms with Crippen LogP contribution in [0.1, 0.15) is 10.4 Å². The highest BCUT2D eigenvalue weighted by molar-refractivity contribution is 9.10. The van der Waals surface area contributed by atoms with Gasteiger partial charge in [-0.05, 0) is 42.5 Å². The van der Waals surface area contributed by atoms with Crippen molar-refractivity contribution in [2.45, 2.75) is 0 Å². The Balaban J connectivity index is 1.51. The molecule has 6 nitrogen and oxygen atoms in total. The molecule has 2 heterocycles. The zero-order chi connectivity index (χ0) is 20.2. The van der Waals surface area contributed by atoms with Crippen molar-refractivity contribution >= 4 is 44.9 Å². The topological polar surface area (TPSA) is 67.4 Å². The van der Waals surface area contributed by atoms with Gasteiger partial charge < -0.3 is 15.0 Å². The lowest BCUT2D eigenvalue weighted by molar-refractivity contribution is 0.102. The number of carbonyl (C=O) groups excluding carboxylic acids is 1. The molecular formula is C21H18BrClN4O2. The van der Waals surface area contributed by atoms with Crippen molar-refractivity contribution in [2.75, 3.05) is 36.5 Å². The second-order valence-electron chi connectivity index (χ2n) is 6.54. The Hall–Kier alpha value is -2.48. The van der Waals surface area contributed by atoms with Crippen LogP contribution in [0, 0.1) is 0 Å². The van der Waals surface area contributed by atoms with Gasteiger partial charge in [-0.25, -0.2) is 0 Å². The van der Waals surface area contributed by atoms with E-state index in [1.807, 2.05) is 36.4 Å². The molecule has 1 fully saturated rings. The molecule has 1 aliphatic heterocycles. The van der Waals surface area contributed by atoms with E-state index in [9.17, 15) is 4.79 Å². The highest BCUT2D eigenvalue weighted by Gasteiger charge is 2.14. The number of nitrogens with zero attached hydrogens (tertiary/aromatic N) is 3. The van der Waals surface area contributed by atoms with E-state index in [2.05, 4.69) is 36.3 Å². The number of benzene rings is 2. The van der Waals surface area contributed by atoms with E-state index in [4.69, 9.17) is 16.3 Å². The van der Waals surface area contributed by atoms with Gasteiger partial charge in [-0.15, -0.1) is 10.2 Å². The van der Waals surface area contributed by atoms with Crippen LogP contribution in [0.3, 0.4) is 0 Å². The van der Waals surface area contributed by atoms with Gasteiger partial charge in [-0.2, -0.15) is 0 Å². The summed E-state index contributed by atoms with van der Waals surface area (Å²) in [4.78, 5) is 14.7. The summed E-state index contributed by atoms with van der Waals surface area (Å²) in [6.45, 7) is 3.03. The van der Waals surface area contributed by atoms with Crippen LogP contribution in [0.25, 0.3) is 11.3 Å². The van der Waals surface area contributed by atoms with Gasteiger partial charge in [0.2, 0.25) is 0 Å². The van der Waals surface area contributed by atoms with Crippen molar-refractivity contribution in [2.24, 2.45) is 0 Å². The molecule has 1 N–H and O–H groups in total. The quantitative estimate of drug-likeness (QED) is 0.597. The number of amides is 1. The number of rotatable bonds is 4. The molecule has 4 rings (SSSR count). The largest absolute Gasteiger partial charge is 0.378 e. The molecule has 0 aliphatic carbocycles. The van der Waals surface area contributed by atoms with Gasteiger partial charge in [0.25, 0.3) is 5.91 Å². The number of anilines is 2. The van der Waals surface area contributed by atoms with Crippen LogP contribution in [-0.4, -0.2) is 42.4 Å². The van der Waals surface area contributed by atoms with E-state index in [-0.39, 0.29) is 5.91 Å². The van der Waals surface area contributed by atoms with Gasteiger partial charge in [-0.3, -0.25) is 4.79 Å². The average Bonchev–Trinajstić information content (AvgIpc) is 2.76. The van der Waals surface area contributed by atoms with Crippen molar-refractivity contribution in [1.82, 2.24) is 10.2 Å². The maximum absolute atomic E-state index is 12.6. The third-order valence-electron chi connectivity index (χ3n) is 4.57. The minimum atomic E-state index is -0.276. The summed E-state index contributed by atoms with van der Waals surface area (Å²) in [5, 5.41) is 12.0. The molecule has 1 aromatic heterocycles. The first kappa shape index (κ1) is 19.8. The lowest BCUT2D eigenvalue weighted by atomic mass is 10.1. The number of aromatic nitrogens is 2. The fourth-order valence-corrected chi connectivity index (χ4v) is 3.63. The Morgan fingerprint density at radius 2 is 1.90 bits per heavy atom. The minimum Gasteiger partial charge on any atom is -0.378 e. The number of hydrogen-bond acceptors (Lipinski definition) is 5. The van der Waals surface area contributed by atoms with Crippen LogP contribution in [0.4, 0.5) is 11.5 Å². The first-order chi connectivity index (χ1) is 14.1. The third-order valence-corrected chi connectivity index (χ3v) is 5.40. The number of ether oxygens (including phenoxy) is 1. The summed E-state index contributed by atoms with van der Waals surface area (Å²) < 4.78 is 6.16. The molecule has 3 aromatic rings. The van der Waals surface area contributed by atoms with E-state index < -0.39 is 0 Å². The van der Waals surface area contributed by atoms with E-state index in [1.165, 1.54) is 0 Å². The zero-order valence-corrected chi connectivity index (χ0v) is 17.8. The van der Waals surface area contributed by atoms with Crippen molar-refractivity contribution in [3.05, 3.63) is 69.7 Å². The van der Waals surface area contributed by atoms with Crippen LogP contribution < -0.4 is 10.2 Å². The van der Waals surface area contributed by atoms with Crippen molar-refractivity contribution in [3.63, 3.8) is 0 Å². The number of carbonyl (C=O) groups is 1. The molecule has 0 unspecified atom stereocenters. The number of hydrogen-bond donors (Lipinski definition) is 1. The van der Waals surface area contributed by atoms with Crippen molar-refractivity contribution in [3.8, 4) is 11.3 Å². The number of nitrogens with one attached hydrogen (secondary N) is 1. The Morgan fingerprint density at radius 3 is 2.66 bits per heavy atom. The van der Waals surface area contributed by atoms with Crippen LogP contribution in [0.5, 0.6) is 0 Å². The molecule has 0 radical (unpaired) electrons. The minimum absolute atomic E-state index is 0.276.